The van der Waals surface area contributed by atoms with E-state index in [0.29, 0.717) is 12.0 Å². The van der Waals surface area contributed by atoms with Crippen LogP contribution in [0.2, 0.25) is 0 Å². The predicted octanol–water partition coefficient (Wildman–Crippen LogP) is 2.42. The zero-order valence-corrected chi connectivity index (χ0v) is 14.4. The maximum atomic E-state index is 12.8. The number of aliphatic hydroxyl groups is 1. The smallest absolute Gasteiger partial charge is 0.252 e. The molecule has 0 amide bonds. The fraction of sp³-hybridized carbons (Fsp3) is 0.278. The second kappa shape index (κ2) is 5.23. The third-order valence-corrected chi connectivity index (χ3v) is 6.61. The van der Waals surface area contributed by atoms with Gasteiger partial charge in [-0.1, -0.05) is 42.5 Å². The van der Waals surface area contributed by atoms with Crippen molar-refractivity contribution < 1.29 is 23.1 Å². The number of hydrogen-bond donors (Lipinski definition) is 1. The van der Waals surface area contributed by atoms with E-state index in [1.807, 2.05) is 30.3 Å². The molecule has 0 aliphatic carbocycles. The minimum Gasteiger partial charge on any atom is -0.501 e. The molecule has 4 rings (SSSR count). The van der Waals surface area contributed by atoms with Crippen molar-refractivity contribution in [3.63, 3.8) is 0 Å². The van der Waals surface area contributed by atoms with Gasteiger partial charge in [-0.3, -0.25) is 4.79 Å². The van der Waals surface area contributed by atoms with Crippen molar-refractivity contribution in [3.05, 3.63) is 59.7 Å². The summed E-state index contributed by atoms with van der Waals surface area (Å²) in [6, 6.07) is 13.0. The number of benzene rings is 2. The minimum absolute atomic E-state index is 0.0215. The fourth-order valence-electron chi connectivity index (χ4n) is 3.47. The molecular formula is C18H17NO5S. The van der Waals surface area contributed by atoms with Gasteiger partial charge in [0, 0.05) is 12.1 Å². The van der Waals surface area contributed by atoms with E-state index < -0.39 is 27.2 Å². The van der Waals surface area contributed by atoms with E-state index in [4.69, 9.17) is 4.74 Å². The molecule has 0 bridgehead atoms. The Balaban J connectivity index is 1.83. The lowest BCUT2D eigenvalue weighted by Gasteiger charge is -2.27. The standard InChI is InChI=1S/C18H17NO5S/c1-18(14-9-4-7-12-6-2-3-8-13(12)14)16(21)15(20)17(24-18)19-10-5-11-25(19,22)23/h2-4,6-9,20H,5,10-11H2,1H3. The Morgan fingerprint density at radius 3 is 2.60 bits per heavy atom. The number of carbonyl (C=O) groups is 1. The molecule has 2 heterocycles. The number of rotatable bonds is 2. The SMILES string of the molecule is CC1(c2cccc3ccccc23)OC(N2CCCS2(=O)=O)=C(O)C1=O. The molecule has 0 spiro atoms. The lowest BCUT2D eigenvalue weighted by molar-refractivity contribution is -0.132. The number of aliphatic hydroxyl groups excluding tert-OH is 1. The third-order valence-electron chi connectivity index (χ3n) is 4.78. The summed E-state index contributed by atoms with van der Waals surface area (Å²) < 4.78 is 31.1. The number of fused-ring (bicyclic) bond motifs is 1. The van der Waals surface area contributed by atoms with Gasteiger partial charge < -0.3 is 9.84 Å². The maximum Gasteiger partial charge on any atom is 0.252 e. The number of carbonyl (C=O) groups excluding carboxylic acids is 1. The van der Waals surface area contributed by atoms with Crippen molar-refractivity contribution in [2.24, 2.45) is 0 Å². The van der Waals surface area contributed by atoms with Crippen molar-refractivity contribution >= 4 is 26.6 Å². The van der Waals surface area contributed by atoms with Crippen LogP contribution in [0.25, 0.3) is 10.8 Å². The number of ether oxygens (including phenoxy) is 1. The van der Waals surface area contributed by atoms with E-state index in [1.54, 1.807) is 19.1 Å². The van der Waals surface area contributed by atoms with Crippen molar-refractivity contribution in [1.82, 2.24) is 4.31 Å². The quantitative estimate of drug-likeness (QED) is 0.890. The third kappa shape index (κ3) is 2.22. The molecular weight excluding hydrogens is 342 g/mol. The minimum atomic E-state index is -3.56. The van der Waals surface area contributed by atoms with Crippen LogP contribution in [0.15, 0.2) is 54.1 Å². The first-order valence-corrected chi connectivity index (χ1v) is 9.61. The second-order valence-corrected chi connectivity index (χ2v) is 8.40. The van der Waals surface area contributed by atoms with Crippen LogP contribution in [0.5, 0.6) is 0 Å². The summed E-state index contributed by atoms with van der Waals surface area (Å²) in [4.78, 5) is 12.8. The summed E-state index contributed by atoms with van der Waals surface area (Å²) in [7, 11) is -3.56. The average molecular weight is 359 g/mol. The number of Topliss-reactive ketones (excluding diaryl/α,β-unsaturated/α-hetero) is 1. The molecule has 1 fully saturated rings. The Morgan fingerprint density at radius 1 is 1.16 bits per heavy atom. The molecule has 1 N–H and O–H groups in total. The number of nitrogens with zero attached hydrogens (tertiary/aromatic N) is 1. The molecule has 6 nitrogen and oxygen atoms in total. The lowest BCUT2D eigenvalue weighted by atomic mass is 9.88. The van der Waals surface area contributed by atoms with Crippen LogP contribution in [-0.2, 0) is 25.2 Å². The number of hydrogen-bond acceptors (Lipinski definition) is 5. The van der Waals surface area contributed by atoms with Crippen molar-refractivity contribution in [1.29, 1.82) is 0 Å². The summed E-state index contributed by atoms with van der Waals surface area (Å²) in [6.07, 6.45) is 0.432. The Bertz CT molecular complexity index is 1020. The van der Waals surface area contributed by atoms with Gasteiger partial charge in [0.15, 0.2) is 5.60 Å². The van der Waals surface area contributed by atoms with E-state index in [0.717, 1.165) is 15.1 Å². The Labute approximate surface area is 145 Å². The van der Waals surface area contributed by atoms with Gasteiger partial charge in [-0.25, -0.2) is 12.7 Å². The molecule has 0 radical (unpaired) electrons. The summed E-state index contributed by atoms with van der Waals surface area (Å²) >= 11 is 0. The number of ketones is 1. The van der Waals surface area contributed by atoms with Crippen molar-refractivity contribution in [2.75, 3.05) is 12.3 Å². The van der Waals surface area contributed by atoms with Crippen LogP contribution < -0.4 is 0 Å². The van der Waals surface area contributed by atoms with Crippen LogP contribution in [0.3, 0.4) is 0 Å². The highest BCUT2D eigenvalue weighted by Crippen LogP contribution is 2.43. The topological polar surface area (TPSA) is 83.9 Å². The first-order chi connectivity index (χ1) is 11.8. The van der Waals surface area contributed by atoms with Gasteiger partial charge in [0.1, 0.15) is 0 Å². The van der Waals surface area contributed by atoms with Gasteiger partial charge >= 0.3 is 0 Å². The van der Waals surface area contributed by atoms with Crippen LogP contribution >= 0.6 is 0 Å². The average Bonchev–Trinajstić information content (AvgIpc) is 3.06. The van der Waals surface area contributed by atoms with Gasteiger partial charge in [0.2, 0.25) is 15.8 Å². The largest absolute Gasteiger partial charge is 0.501 e. The van der Waals surface area contributed by atoms with Gasteiger partial charge in [0.25, 0.3) is 11.7 Å². The Kier molecular flexibility index (Phi) is 3.34. The molecule has 7 heteroatoms. The van der Waals surface area contributed by atoms with Gasteiger partial charge in [0.05, 0.1) is 5.75 Å². The van der Waals surface area contributed by atoms with Gasteiger partial charge in [-0.05, 0) is 24.1 Å². The lowest BCUT2D eigenvalue weighted by Crippen LogP contribution is -2.33. The molecule has 0 aromatic heterocycles. The molecule has 130 valence electrons. The predicted molar refractivity (Wildman–Crippen MR) is 92.2 cm³/mol. The molecule has 25 heavy (non-hydrogen) atoms. The summed E-state index contributed by atoms with van der Waals surface area (Å²) in [5.41, 5.74) is -0.882. The zero-order valence-electron chi connectivity index (χ0n) is 13.6. The highest BCUT2D eigenvalue weighted by Gasteiger charge is 2.52. The highest BCUT2D eigenvalue weighted by atomic mass is 32.2. The van der Waals surface area contributed by atoms with E-state index in [-0.39, 0.29) is 18.2 Å². The molecule has 1 saturated heterocycles. The summed E-state index contributed by atoms with van der Waals surface area (Å²) in [6.45, 7) is 1.75. The van der Waals surface area contributed by atoms with Crippen LogP contribution in [0.4, 0.5) is 0 Å². The van der Waals surface area contributed by atoms with Crippen molar-refractivity contribution in [3.8, 4) is 0 Å². The number of sulfonamides is 1. The Hall–Kier alpha value is -2.54. The first kappa shape index (κ1) is 16.0. The van der Waals surface area contributed by atoms with Gasteiger partial charge in [-0.2, -0.15) is 0 Å². The molecule has 2 aromatic rings. The van der Waals surface area contributed by atoms with E-state index in [1.165, 1.54) is 0 Å². The summed E-state index contributed by atoms with van der Waals surface area (Å²) in [5, 5.41) is 12.1. The Morgan fingerprint density at radius 2 is 1.88 bits per heavy atom. The normalized spacial score (nSPS) is 25.6. The molecule has 2 aliphatic heterocycles. The maximum absolute atomic E-state index is 12.8. The van der Waals surface area contributed by atoms with E-state index >= 15 is 0 Å². The molecule has 2 aromatic carbocycles. The highest BCUT2D eigenvalue weighted by molar-refractivity contribution is 7.89. The van der Waals surface area contributed by atoms with Crippen LogP contribution in [0.1, 0.15) is 18.9 Å². The summed E-state index contributed by atoms with van der Waals surface area (Å²) in [5.74, 6) is -1.56. The fourth-order valence-corrected chi connectivity index (χ4v) is 4.96. The van der Waals surface area contributed by atoms with E-state index in [9.17, 15) is 18.3 Å². The molecule has 2 aliphatic rings. The van der Waals surface area contributed by atoms with E-state index in [2.05, 4.69) is 0 Å². The molecule has 1 unspecified atom stereocenters. The van der Waals surface area contributed by atoms with Crippen molar-refractivity contribution in [2.45, 2.75) is 18.9 Å². The monoisotopic (exact) mass is 359 g/mol. The van der Waals surface area contributed by atoms with Crippen LogP contribution in [0, 0.1) is 0 Å². The second-order valence-electron chi connectivity index (χ2n) is 6.39. The zero-order chi connectivity index (χ0) is 17.8. The van der Waals surface area contributed by atoms with Gasteiger partial charge in [-0.15, -0.1) is 0 Å². The molecule has 1 atom stereocenters. The van der Waals surface area contributed by atoms with Crippen LogP contribution in [-0.4, -0.2) is 35.9 Å². The molecule has 0 saturated carbocycles. The first-order valence-electron chi connectivity index (χ1n) is 8.00.